The zero-order chi connectivity index (χ0) is 21.4. The van der Waals surface area contributed by atoms with Gasteiger partial charge in [0.2, 0.25) is 10.0 Å². The summed E-state index contributed by atoms with van der Waals surface area (Å²) < 4.78 is 50.4. The van der Waals surface area contributed by atoms with E-state index < -0.39 is 31.8 Å². The molecule has 10 heteroatoms. The lowest BCUT2D eigenvalue weighted by molar-refractivity contribution is 0.102. The summed E-state index contributed by atoms with van der Waals surface area (Å²) in [6, 6.07) is 14.1. The number of nitrogens with one attached hydrogen (secondary N) is 2. The van der Waals surface area contributed by atoms with E-state index >= 15 is 0 Å². The number of nitrogens with zero attached hydrogens (tertiary/aromatic N) is 1. The molecule has 1 saturated heterocycles. The van der Waals surface area contributed by atoms with Gasteiger partial charge in [0.1, 0.15) is 0 Å². The lowest BCUT2D eigenvalue weighted by Gasteiger charge is -2.12. The van der Waals surface area contributed by atoms with E-state index in [2.05, 4.69) is 15.0 Å². The number of hydrogen-bond donors (Lipinski definition) is 2. The van der Waals surface area contributed by atoms with Crippen LogP contribution in [0.5, 0.6) is 0 Å². The van der Waals surface area contributed by atoms with Gasteiger partial charge in [-0.25, -0.2) is 21.6 Å². The fourth-order valence-corrected chi connectivity index (χ4v) is 6.35. The summed E-state index contributed by atoms with van der Waals surface area (Å²) in [5.74, 6) is -0.624. The van der Waals surface area contributed by atoms with Gasteiger partial charge < -0.3 is 5.32 Å². The molecule has 156 valence electrons. The smallest absolute Gasteiger partial charge is 0.255 e. The fourth-order valence-electron chi connectivity index (χ4n) is 3.30. The molecule has 4 rings (SSSR count). The topological polar surface area (TPSA) is 122 Å². The highest BCUT2D eigenvalue weighted by Gasteiger charge is 2.31. The minimum absolute atomic E-state index is 0.0249. The highest BCUT2D eigenvalue weighted by Crippen LogP contribution is 2.19. The monoisotopic (exact) mass is 445 g/mol. The van der Waals surface area contributed by atoms with E-state index in [-0.39, 0.29) is 28.4 Å². The molecule has 8 nitrogen and oxygen atoms in total. The first-order valence-corrected chi connectivity index (χ1v) is 12.5. The van der Waals surface area contributed by atoms with E-state index in [4.69, 9.17) is 0 Å². The molecule has 1 amide bonds. The summed E-state index contributed by atoms with van der Waals surface area (Å²) in [6.45, 7) is 0. The predicted molar refractivity (Wildman–Crippen MR) is 114 cm³/mol. The molecule has 0 bridgehead atoms. The Bertz CT molecular complexity index is 1320. The second kappa shape index (κ2) is 7.78. The number of rotatable bonds is 5. The van der Waals surface area contributed by atoms with Crippen molar-refractivity contribution in [2.24, 2.45) is 0 Å². The molecule has 0 saturated carbocycles. The van der Waals surface area contributed by atoms with Gasteiger partial charge in [-0.05, 0) is 42.8 Å². The van der Waals surface area contributed by atoms with Crippen LogP contribution in [0.15, 0.2) is 65.7 Å². The van der Waals surface area contributed by atoms with Gasteiger partial charge >= 0.3 is 0 Å². The minimum Gasteiger partial charge on any atom is -0.321 e. The van der Waals surface area contributed by atoms with Crippen LogP contribution in [-0.2, 0) is 19.9 Å². The molecule has 1 aliphatic rings. The second-order valence-corrected chi connectivity index (χ2v) is 11.1. The zero-order valence-corrected chi connectivity index (χ0v) is 17.4. The Morgan fingerprint density at radius 1 is 1.07 bits per heavy atom. The van der Waals surface area contributed by atoms with Crippen LogP contribution in [0.2, 0.25) is 0 Å². The van der Waals surface area contributed by atoms with Crippen LogP contribution >= 0.6 is 0 Å². The van der Waals surface area contributed by atoms with Crippen molar-refractivity contribution < 1.29 is 21.6 Å². The van der Waals surface area contributed by atoms with Crippen LogP contribution in [0.25, 0.3) is 10.9 Å². The van der Waals surface area contributed by atoms with Gasteiger partial charge in [0, 0.05) is 17.0 Å². The number of sulfonamides is 1. The van der Waals surface area contributed by atoms with Gasteiger partial charge in [0.15, 0.2) is 9.84 Å². The van der Waals surface area contributed by atoms with Crippen molar-refractivity contribution >= 4 is 42.4 Å². The number of sulfone groups is 1. The first-order chi connectivity index (χ1) is 14.2. The van der Waals surface area contributed by atoms with E-state index in [9.17, 15) is 21.6 Å². The van der Waals surface area contributed by atoms with Gasteiger partial charge in [-0.1, -0.05) is 18.2 Å². The number of amides is 1. The molecule has 0 radical (unpaired) electrons. The Labute approximate surface area is 174 Å². The van der Waals surface area contributed by atoms with E-state index in [0.717, 1.165) is 10.9 Å². The zero-order valence-electron chi connectivity index (χ0n) is 15.8. The maximum absolute atomic E-state index is 12.5. The van der Waals surface area contributed by atoms with Crippen molar-refractivity contribution in [3.8, 4) is 0 Å². The molecule has 1 aliphatic heterocycles. The molecular formula is C20H19N3O5S2. The first-order valence-electron chi connectivity index (χ1n) is 9.21. The number of anilines is 1. The van der Waals surface area contributed by atoms with Gasteiger partial charge in [0.05, 0.1) is 33.8 Å². The van der Waals surface area contributed by atoms with Crippen molar-refractivity contribution in [1.29, 1.82) is 0 Å². The lowest BCUT2D eigenvalue weighted by Crippen LogP contribution is -2.35. The Hall–Kier alpha value is -2.82. The van der Waals surface area contributed by atoms with E-state index in [1.807, 2.05) is 24.3 Å². The van der Waals surface area contributed by atoms with Crippen LogP contribution in [0.3, 0.4) is 0 Å². The molecule has 0 spiro atoms. The van der Waals surface area contributed by atoms with Crippen molar-refractivity contribution in [3.05, 3.63) is 66.4 Å². The normalized spacial score (nSPS) is 18.3. The van der Waals surface area contributed by atoms with Gasteiger partial charge in [-0.15, -0.1) is 0 Å². The Morgan fingerprint density at radius 2 is 1.80 bits per heavy atom. The molecule has 2 aromatic carbocycles. The van der Waals surface area contributed by atoms with Crippen molar-refractivity contribution in [2.45, 2.75) is 17.4 Å². The third-order valence-corrected chi connectivity index (χ3v) is 8.13. The molecule has 3 aromatic rings. The Kier molecular flexibility index (Phi) is 5.31. The van der Waals surface area contributed by atoms with Gasteiger partial charge in [0.25, 0.3) is 5.91 Å². The molecular weight excluding hydrogens is 426 g/mol. The summed E-state index contributed by atoms with van der Waals surface area (Å²) in [5, 5.41) is 3.63. The van der Waals surface area contributed by atoms with Gasteiger partial charge in [-0.3, -0.25) is 9.78 Å². The molecule has 30 heavy (non-hydrogen) atoms. The highest BCUT2D eigenvalue weighted by molar-refractivity contribution is 7.92. The molecule has 2 N–H and O–H groups in total. The number of benzene rings is 2. The maximum Gasteiger partial charge on any atom is 0.255 e. The predicted octanol–water partition coefficient (Wildman–Crippen LogP) is 1.95. The van der Waals surface area contributed by atoms with Crippen LogP contribution < -0.4 is 10.0 Å². The summed E-state index contributed by atoms with van der Waals surface area (Å²) in [7, 11) is -7.07. The van der Waals surface area contributed by atoms with E-state index in [1.165, 1.54) is 24.3 Å². The molecule has 1 aromatic heterocycles. The minimum atomic E-state index is -3.88. The third-order valence-electron chi connectivity index (χ3n) is 4.83. The molecule has 0 aliphatic carbocycles. The number of fused-ring (bicyclic) bond motifs is 1. The van der Waals surface area contributed by atoms with E-state index in [0.29, 0.717) is 5.69 Å². The summed E-state index contributed by atoms with van der Waals surface area (Å²) in [4.78, 5) is 16.7. The van der Waals surface area contributed by atoms with Crippen molar-refractivity contribution in [2.75, 3.05) is 16.8 Å². The lowest BCUT2D eigenvalue weighted by atomic mass is 10.2. The van der Waals surface area contributed by atoms with Crippen molar-refractivity contribution in [3.63, 3.8) is 0 Å². The second-order valence-electron chi connectivity index (χ2n) is 7.12. The largest absolute Gasteiger partial charge is 0.321 e. The third kappa shape index (κ3) is 4.50. The number of carbonyl (C=O) groups excluding carboxylic acids is 1. The first kappa shape index (κ1) is 20.5. The summed E-state index contributed by atoms with van der Waals surface area (Å²) in [6.07, 6.45) is 1.81. The number of hydrogen-bond acceptors (Lipinski definition) is 6. The van der Waals surface area contributed by atoms with Crippen LogP contribution in [0.4, 0.5) is 5.69 Å². The van der Waals surface area contributed by atoms with Crippen LogP contribution in [-0.4, -0.2) is 45.3 Å². The molecule has 0 unspecified atom stereocenters. The standard InChI is InChI=1S/C20H19N3O5S2/c24-20(22-17-11-15-3-1-2-4-19(15)21-12-17)14-5-7-18(8-6-14)30(27,28)23-16-9-10-29(25,26)13-16/h1-8,11-12,16,23H,9-10,13H2,(H,22,24)/t16-/m1/s1. The van der Waals surface area contributed by atoms with Crippen LogP contribution in [0.1, 0.15) is 16.8 Å². The average Bonchev–Trinajstić information content (AvgIpc) is 3.05. The van der Waals surface area contributed by atoms with Gasteiger partial charge in [-0.2, -0.15) is 0 Å². The summed E-state index contributed by atoms with van der Waals surface area (Å²) in [5.41, 5.74) is 1.62. The number of para-hydroxylation sites is 1. The number of pyridine rings is 1. The number of carbonyl (C=O) groups is 1. The molecule has 2 heterocycles. The van der Waals surface area contributed by atoms with Crippen LogP contribution in [0, 0.1) is 0 Å². The fraction of sp³-hybridized carbons (Fsp3) is 0.200. The molecule has 1 atom stereocenters. The Balaban J connectivity index is 1.46. The highest BCUT2D eigenvalue weighted by atomic mass is 32.2. The van der Waals surface area contributed by atoms with E-state index in [1.54, 1.807) is 12.3 Å². The quantitative estimate of drug-likeness (QED) is 0.619. The van der Waals surface area contributed by atoms with Crippen molar-refractivity contribution in [1.82, 2.24) is 9.71 Å². The maximum atomic E-state index is 12.5. The Morgan fingerprint density at radius 3 is 2.50 bits per heavy atom. The average molecular weight is 446 g/mol. The molecule has 1 fully saturated rings. The SMILES string of the molecule is O=C(Nc1cnc2ccccc2c1)c1ccc(S(=O)(=O)N[C@@H]2CCS(=O)(=O)C2)cc1. The summed E-state index contributed by atoms with van der Waals surface area (Å²) >= 11 is 0. The number of aromatic nitrogens is 1.